The number of halogens is 3. The van der Waals surface area contributed by atoms with E-state index in [-0.39, 0.29) is 24.1 Å². The van der Waals surface area contributed by atoms with E-state index < -0.39 is 6.04 Å². The highest BCUT2D eigenvalue weighted by Gasteiger charge is 2.28. The van der Waals surface area contributed by atoms with Crippen molar-refractivity contribution in [1.82, 2.24) is 10.2 Å². The first-order valence-corrected chi connectivity index (χ1v) is 12.4. The zero-order chi connectivity index (χ0) is 22.8. The van der Waals surface area contributed by atoms with Gasteiger partial charge in [-0.25, -0.2) is 0 Å². The van der Waals surface area contributed by atoms with Gasteiger partial charge in [-0.15, -0.1) is 11.8 Å². The van der Waals surface area contributed by atoms with Crippen molar-refractivity contribution in [2.24, 2.45) is 0 Å². The van der Waals surface area contributed by atoms with E-state index in [0.29, 0.717) is 28.0 Å². The van der Waals surface area contributed by atoms with Crippen LogP contribution < -0.4 is 5.32 Å². The van der Waals surface area contributed by atoms with E-state index in [1.807, 2.05) is 25.1 Å². The maximum atomic E-state index is 13.2. The van der Waals surface area contributed by atoms with Crippen molar-refractivity contribution < 1.29 is 9.59 Å². The van der Waals surface area contributed by atoms with Gasteiger partial charge in [-0.3, -0.25) is 9.59 Å². The molecule has 1 atom stereocenters. The van der Waals surface area contributed by atoms with Crippen molar-refractivity contribution in [3.63, 3.8) is 0 Å². The van der Waals surface area contributed by atoms with Crippen molar-refractivity contribution in [1.29, 1.82) is 0 Å². The highest BCUT2D eigenvalue weighted by Crippen LogP contribution is 2.25. The highest BCUT2D eigenvalue weighted by atomic mass is 35.5. The molecular formula is C23H27Cl3N2O2S. The first-order chi connectivity index (χ1) is 14.8. The lowest BCUT2D eigenvalue weighted by atomic mass is 10.1. The van der Waals surface area contributed by atoms with Crippen molar-refractivity contribution >= 4 is 58.4 Å². The van der Waals surface area contributed by atoms with Gasteiger partial charge in [0.15, 0.2) is 0 Å². The average Bonchev–Trinajstić information content (AvgIpc) is 2.75. The van der Waals surface area contributed by atoms with E-state index in [0.717, 1.165) is 23.3 Å². The smallest absolute Gasteiger partial charge is 0.242 e. The Morgan fingerprint density at radius 1 is 1.03 bits per heavy atom. The van der Waals surface area contributed by atoms with Crippen molar-refractivity contribution in [3.8, 4) is 0 Å². The monoisotopic (exact) mass is 500 g/mol. The summed E-state index contributed by atoms with van der Waals surface area (Å²) in [5.41, 5.74) is 0.819. The van der Waals surface area contributed by atoms with E-state index in [9.17, 15) is 9.59 Å². The maximum absolute atomic E-state index is 13.2. The summed E-state index contributed by atoms with van der Waals surface area (Å²) in [5, 5.41) is 4.47. The van der Waals surface area contributed by atoms with Gasteiger partial charge in [-0.1, -0.05) is 61.1 Å². The number of thioether (sulfide) groups is 1. The number of carbonyl (C=O) groups is 2. The van der Waals surface area contributed by atoms with Crippen LogP contribution in [0.3, 0.4) is 0 Å². The molecule has 1 N–H and O–H groups in total. The number of rotatable bonds is 11. The van der Waals surface area contributed by atoms with Gasteiger partial charge in [0.05, 0.1) is 15.8 Å². The SMILES string of the molecule is CCCCNC(=O)[C@@H](CC)N(Cc1ccc(Cl)c(Cl)c1)C(=O)CSc1ccc(Cl)cc1. The fraction of sp³-hybridized carbons (Fsp3) is 0.391. The van der Waals surface area contributed by atoms with Crippen LogP contribution in [0, 0.1) is 0 Å². The summed E-state index contributed by atoms with van der Waals surface area (Å²) in [5.74, 6) is -0.0498. The fourth-order valence-corrected chi connectivity index (χ4v) is 4.25. The van der Waals surface area contributed by atoms with Gasteiger partial charge in [0, 0.05) is 23.0 Å². The standard InChI is InChI=1S/C23H27Cl3N2O2S/c1-3-5-12-27-23(30)21(4-2)28(14-16-6-11-19(25)20(26)13-16)22(29)15-31-18-9-7-17(24)8-10-18/h6-11,13,21H,3-5,12,14-15H2,1-2H3,(H,27,30)/t21-/m1/s1. The number of nitrogens with zero attached hydrogens (tertiary/aromatic N) is 1. The second-order valence-electron chi connectivity index (χ2n) is 7.08. The van der Waals surface area contributed by atoms with E-state index in [1.165, 1.54) is 11.8 Å². The summed E-state index contributed by atoms with van der Waals surface area (Å²) in [4.78, 5) is 28.6. The summed E-state index contributed by atoms with van der Waals surface area (Å²) < 4.78 is 0. The van der Waals surface area contributed by atoms with Crippen LogP contribution in [0.4, 0.5) is 0 Å². The molecule has 0 bridgehead atoms. The highest BCUT2D eigenvalue weighted by molar-refractivity contribution is 8.00. The van der Waals surface area contributed by atoms with Crippen LogP contribution in [0.2, 0.25) is 15.1 Å². The number of carbonyl (C=O) groups excluding carboxylic acids is 2. The lowest BCUT2D eigenvalue weighted by molar-refractivity contribution is -0.139. The number of unbranched alkanes of at least 4 members (excludes halogenated alkanes) is 1. The minimum Gasteiger partial charge on any atom is -0.354 e. The van der Waals surface area contributed by atoms with Gasteiger partial charge >= 0.3 is 0 Å². The quantitative estimate of drug-likeness (QED) is 0.284. The predicted molar refractivity (Wildman–Crippen MR) is 131 cm³/mol. The topological polar surface area (TPSA) is 49.4 Å². The molecule has 0 aliphatic heterocycles. The van der Waals surface area contributed by atoms with Gasteiger partial charge in [-0.05, 0) is 54.8 Å². The molecule has 0 unspecified atom stereocenters. The van der Waals surface area contributed by atoms with Crippen LogP contribution in [-0.2, 0) is 16.1 Å². The molecule has 0 saturated carbocycles. The molecule has 0 heterocycles. The average molecular weight is 502 g/mol. The Labute approximate surface area is 203 Å². The summed E-state index contributed by atoms with van der Waals surface area (Å²) in [6, 6.07) is 12.0. The molecule has 0 aliphatic carbocycles. The van der Waals surface area contributed by atoms with Crippen molar-refractivity contribution in [2.45, 2.75) is 50.6 Å². The Bertz CT molecular complexity index is 878. The van der Waals surface area contributed by atoms with Crippen LogP contribution in [0.1, 0.15) is 38.7 Å². The third-order valence-corrected chi connectivity index (χ3v) is 6.72. The normalized spacial score (nSPS) is 11.8. The predicted octanol–water partition coefficient (Wildman–Crippen LogP) is 6.46. The Morgan fingerprint density at radius 2 is 1.74 bits per heavy atom. The number of nitrogens with one attached hydrogen (secondary N) is 1. The van der Waals surface area contributed by atoms with E-state index in [2.05, 4.69) is 12.2 Å². The van der Waals surface area contributed by atoms with Crippen LogP contribution in [0.25, 0.3) is 0 Å². The summed E-state index contributed by atoms with van der Waals surface area (Å²) >= 11 is 19.5. The third-order valence-electron chi connectivity index (χ3n) is 4.73. The molecule has 168 valence electrons. The summed E-state index contributed by atoms with van der Waals surface area (Å²) in [7, 11) is 0. The molecule has 2 aromatic rings. The zero-order valence-electron chi connectivity index (χ0n) is 17.7. The van der Waals surface area contributed by atoms with Crippen LogP contribution in [0.5, 0.6) is 0 Å². The molecule has 0 fully saturated rings. The first kappa shape index (κ1) is 25.9. The molecule has 0 radical (unpaired) electrons. The van der Waals surface area contributed by atoms with E-state index >= 15 is 0 Å². The molecule has 2 amide bonds. The molecular weight excluding hydrogens is 475 g/mol. The number of amides is 2. The molecule has 0 aliphatic rings. The van der Waals surface area contributed by atoms with Crippen molar-refractivity contribution in [3.05, 3.63) is 63.1 Å². The van der Waals surface area contributed by atoms with Gasteiger partial charge in [0.25, 0.3) is 0 Å². The van der Waals surface area contributed by atoms with E-state index in [1.54, 1.807) is 29.2 Å². The number of hydrogen-bond acceptors (Lipinski definition) is 3. The third kappa shape index (κ3) is 8.23. The minimum atomic E-state index is -0.565. The summed E-state index contributed by atoms with van der Waals surface area (Å²) in [6.07, 6.45) is 2.40. The Hall–Kier alpha value is -1.40. The number of benzene rings is 2. The minimum absolute atomic E-state index is 0.122. The molecule has 2 rings (SSSR count). The van der Waals surface area contributed by atoms with Gasteiger partial charge in [0.2, 0.25) is 11.8 Å². The molecule has 0 spiro atoms. The first-order valence-electron chi connectivity index (χ1n) is 10.2. The van der Waals surface area contributed by atoms with Crippen LogP contribution in [-0.4, -0.2) is 35.1 Å². The summed E-state index contributed by atoms with van der Waals surface area (Å²) in [6.45, 7) is 4.85. The molecule has 31 heavy (non-hydrogen) atoms. The van der Waals surface area contributed by atoms with Gasteiger partial charge < -0.3 is 10.2 Å². The Kier molecular flexibility index (Phi) is 11.0. The van der Waals surface area contributed by atoms with Gasteiger partial charge in [0.1, 0.15) is 6.04 Å². The van der Waals surface area contributed by atoms with Crippen molar-refractivity contribution in [2.75, 3.05) is 12.3 Å². The Morgan fingerprint density at radius 3 is 2.35 bits per heavy atom. The van der Waals surface area contributed by atoms with Crippen LogP contribution in [0.15, 0.2) is 47.4 Å². The molecule has 2 aromatic carbocycles. The Balaban J connectivity index is 2.19. The van der Waals surface area contributed by atoms with Crippen LogP contribution >= 0.6 is 46.6 Å². The van der Waals surface area contributed by atoms with E-state index in [4.69, 9.17) is 34.8 Å². The molecule has 8 heteroatoms. The van der Waals surface area contributed by atoms with Gasteiger partial charge in [-0.2, -0.15) is 0 Å². The lowest BCUT2D eigenvalue weighted by Crippen LogP contribution is -2.49. The molecule has 0 saturated heterocycles. The number of hydrogen-bond donors (Lipinski definition) is 1. The molecule has 4 nitrogen and oxygen atoms in total. The fourth-order valence-electron chi connectivity index (χ4n) is 3.02. The maximum Gasteiger partial charge on any atom is 0.242 e. The second-order valence-corrected chi connectivity index (χ2v) is 9.38. The largest absolute Gasteiger partial charge is 0.354 e. The second kappa shape index (κ2) is 13.2. The zero-order valence-corrected chi connectivity index (χ0v) is 20.8. The molecule has 0 aromatic heterocycles. The lowest BCUT2D eigenvalue weighted by Gasteiger charge is -2.30.